The molecular formula is C28H29N3O6S. The number of carbonyl (C=O) groups is 3. The molecule has 0 spiro atoms. The van der Waals surface area contributed by atoms with E-state index in [4.69, 9.17) is 14.2 Å². The smallest absolute Gasteiger partial charge is 0.341 e. The fourth-order valence-corrected chi connectivity index (χ4v) is 5.30. The summed E-state index contributed by atoms with van der Waals surface area (Å²) >= 11 is 1.29. The van der Waals surface area contributed by atoms with Crippen molar-refractivity contribution in [3.8, 4) is 11.5 Å². The number of rotatable bonds is 9. The van der Waals surface area contributed by atoms with Gasteiger partial charge >= 0.3 is 17.8 Å². The molecule has 198 valence electrons. The van der Waals surface area contributed by atoms with Crippen LogP contribution >= 0.6 is 11.3 Å². The number of fused-ring (bicyclic) bond motifs is 1. The van der Waals surface area contributed by atoms with E-state index in [1.165, 1.54) is 30.2 Å². The highest BCUT2D eigenvalue weighted by molar-refractivity contribution is 7.17. The Hall–Kier alpha value is -4.18. The number of aryl methyl sites for hydroxylation is 2. The number of amides is 2. The molecule has 0 radical (unpaired) electrons. The van der Waals surface area contributed by atoms with Crippen LogP contribution in [0.3, 0.4) is 0 Å². The second kappa shape index (κ2) is 12.4. The van der Waals surface area contributed by atoms with Gasteiger partial charge in [-0.1, -0.05) is 29.8 Å². The molecular weight excluding hydrogens is 506 g/mol. The lowest BCUT2D eigenvalue weighted by Crippen LogP contribution is -2.32. The second-order valence-corrected chi connectivity index (χ2v) is 9.72. The first kappa shape index (κ1) is 26.9. The summed E-state index contributed by atoms with van der Waals surface area (Å²) in [5, 5.41) is 6.73. The van der Waals surface area contributed by atoms with Crippen LogP contribution < -0.4 is 20.2 Å². The number of hydrogen-bond donors (Lipinski definition) is 2. The maximum Gasteiger partial charge on any atom is 0.341 e. The molecule has 3 aromatic rings. The van der Waals surface area contributed by atoms with E-state index >= 15 is 0 Å². The predicted molar refractivity (Wildman–Crippen MR) is 145 cm³/mol. The van der Waals surface area contributed by atoms with E-state index in [2.05, 4.69) is 15.8 Å². The number of hydrazone groups is 1. The standard InChI is InChI=1S/C28H29N3O6S/c1-4-36-22-14-19(12-13-21(22)37-16-18-10-8-17(2)9-11-18)15-29-31-26(33)25(32)30-27-24(28(34)35-3)20-6-5-7-23(20)38-27/h8-15H,4-7,16H2,1-3H3,(H,30,32)(H,31,33)/b29-15+. The van der Waals surface area contributed by atoms with Crippen LogP contribution in [-0.2, 0) is 33.8 Å². The topological polar surface area (TPSA) is 115 Å². The third kappa shape index (κ3) is 6.38. The lowest BCUT2D eigenvalue weighted by atomic mass is 10.1. The van der Waals surface area contributed by atoms with Gasteiger partial charge in [-0.15, -0.1) is 11.3 Å². The summed E-state index contributed by atoms with van der Waals surface area (Å²) in [5.74, 6) is -1.31. The van der Waals surface area contributed by atoms with Crippen LogP contribution in [0.4, 0.5) is 5.00 Å². The minimum atomic E-state index is -0.964. The molecule has 2 aromatic carbocycles. The van der Waals surface area contributed by atoms with E-state index in [0.717, 1.165) is 35.3 Å². The number of ether oxygens (including phenoxy) is 3. The average molecular weight is 536 g/mol. The largest absolute Gasteiger partial charge is 0.490 e. The number of nitrogens with one attached hydrogen (secondary N) is 2. The zero-order chi connectivity index (χ0) is 27.1. The van der Waals surface area contributed by atoms with Crippen molar-refractivity contribution in [2.24, 2.45) is 5.10 Å². The van der Waals surface area contributed by atoms with Crippen molar-refractivity contribution in [1.82, 2.24) is 5.43 Å². The monoisotopic (exact) mass is 535 g/mol. The Bertz CT molecular complexity index is 1360. The highest BCUT2D eigenvalue weighted by Gasteiger charge is 2.29. The Morgan fingerprint density at radius 1 is 1.03 bits per heavy atom. The molecule has 1 heterocycles. The molecule has 0 bridgehead atoms. The van der Waals surface area contributed by atoms with Gasteiger partial charge in [0.15, 0.2) is 11.5 Å². The first-order valence-corrected chi connectivity index (χ1v) is 13.0. The number of anilines is 1. The van der Waals surface area contributed by atoms with Crippen molar-refractivity contribution in [2.75, 3.05) is 19.0 Å². The quantitative estimate of drug-likeness (QED) is 0.182. The molecule has 0 aliphatic heterocycles. The van der Waals surface area contributed by atoms with E-state index in [0.29, 0.717) is 40.8 Å². The van der Waals surface area contributed by atoms with E-state index < -0.39 is 17.8 Å². The molecule has 0 atom stereocenters. The number of methoxy groups -OCH3 is 1. The number of hydrogen-bond acceptors (Lipinski definition) is 8. The lowest BCUT2D eigenvalue weighted by Gasteiger charge is -2.12. The van der Waals surface area contributed by atoms with Crippen LogP contribution in [0.5, 0.6) is 11.5 Å². The Morgan fingerprint density at radius 3 is 2.55 bits per heavy atom. The Kier molecular flexibility index (Phi) is 8.75. The van der Waals surface area contributed by atoms with Gasteiger partial charge in [-0.2, -0.15) is 5.10 Å². The summed E-state index contributed by atoms with van der Waals surface area (Å²) in [5.41, 5.74) is 6.27. The Morgan fingerprint density at radius 2 is 1.82 bits per heavy atom. The molecule has 9 nitrogen and oxygen atoms in total. The van der Waals surface area contributed by atoms with Crippen molar-refractivity contribution in [3.63, 3.8) is 0 Å². The maximum atomic E-state index is 12.5. The molecule has 0 saturated carbocycles. The fraction of sp³-hybridized carbons (Fsp3) is 0.286. The van der Waals surface area contributed by atoms with Gasteiger partial charge in [-0.25, -0.2) is 10.2 Å². The summed E-state index contributed by atoms with van der Waals surface area (Å²) in [6, 6.07) is 13.3. The molecule has 2 amide bonds. The van der Waals surface area contributed by atoms with Crippen molar-refractivity contribution >= 4 is 40.3 Å². The molecule has 10 heteroatoms. The zero-order valence-electron chi connectivity index (χ0n) is 21.5. The normalized spacial score (nSPS) is 12.2. The number of thiophene rings is 1. The summed E-state index contributed by atoms with van der Waals surface area (Å²) in [7, 11) is 1.29. The van der Waals surface area contributed by atoms with Crippen LogP contribution in [0.15, 0.2) is 47.6 Å². The Labute approximate surface area is 224 Å². The molecule has 2 N–H and O–H groups in total. The van der Waals surface area contributed by atoms with Crippen molar-refractivity contribution in [2.45, 2.75) is 39.7 Å². The summed E-state index contributed by atoms with van der Waals surface area (Å²) in [4.78, 5) is 38.1. The van der Waals surface area contributed by atoms with Crippen molar-refractivity contribution < 1.29 is 28.6 Å². The second-order valence-electron chi connectivity index (χ2n) is 8.62. The fourth-order valence-electron chi connectivity index (χ4n) is 4.02. The first-order valence-electron chi connectivity index (χ1n) is 12.2. The van der Waals surface area contributed by atoms with Crippen molar-refractivity contribution in [1.29, 1.82) is 0 Å². The lowest BCUT2D eigenvalue weighted by molar-refractivity contribution is -0.136. The van der Waals surface area contributed by atoms with Gasteiger partial charge in [0.05, 0.1) is 25.5 Å². The van der Waals surface area contributed by atoms with E-state index in [1.54, 1.807) is 18.2 Å². The molecule has 4 rings (SSSR count). The third-order valence-corrected chi connectivity index (χ3v) is 7.11. The van der Waals surface area contributed by atoms with Crippen LogP contribution in [0, 0.1) is 6.92 Å². The number of benzene rings is 2. The molecule has 0 saturated heterocycles. The van der Waals surface area contributed by atoms with Gasteiger partial charge in [0, 0.05) is 4.88 Å². The molecule has 1 aliphatic carbocycles. The van der Waals surface area contributed by atoms with E-state index in [-0.39, 0.29) is 0 Å². The van der Waals surface area contributed by atoms with Gasteiger partial charge in [-0.05, 0) is 68.0 Å². The summed E-state index contributed by atoms with van der Waals surface area (Å²) < 4.78 is 16.5. The number of carbonyl (C=O) groups excluding carboxylic acids is 3. The van der Waals surface area contributed by atoms with Crippen LogP contribution in [0.2, 0.25) is 0 Å². The molecule has 1 aromatic heterocycles. The highest BCUT2D eigenvalue weighted by Crippen LogP contribution is 2.39. The van der Waals surface area contributed by atoms with Gasteiger partial charge in [-0.3, -0.25) is 9.59 Å². The third-order valence-electron chi connectivity index (χ3n) is 5.91. The molecule has 38 heavy (non-hydrogen) atoms. The van der Waals surface area contributed by atoms with Gasteiger partial charge in [0.1, 0.15) is 11.6 Å². The minimum Gasteiger partial charge on any atom is -0.490 e. The maximum absolute atomic E-state index is 12.5. The van der Waals surface area contributed by atoms with E-state index in [1.807, 2.05) is 38.1 Å². The van der Waals surface area contributed by atoms with E-state index in [9.17, 15) is 14.4 Å². The Balaban J connectivity index is 1.37. The summed E-state index contributed by atoms with van der Waals surface area (Å²) in [6.07, 6.45) is 3.91. The van der Waals surface area contributed by atoms with Crippen LogP contribution in [0.25, 0.3) is 0 Å². The molecule has 1 aliphatic rings. The zero-order valence-corrected chi connectivity index (χ0v) is 22.3. The minimum absolute atomic E-state index is 0.313. The average Bonchev–Trinajstić information content (AvgIpc) is 3.50. The van der Waals surface area contributed by atoms with Crippen LogP contribution in [-0.4, -0.2) is 37.7 Å². The number of nitrogens with zero attached hydrogens (tertiary/aromatic N) is 1. The summed E-state index contributed by atoms with van der Waals surface area (Å²) in [6.45, 7) is 4.74. The van der Waals surface area contributed by atoms with Crippen molar-refractivity contribution in [3.05, 3.63) is 75.2 Å². The van der Waals surface area contributed by atoms with Gasteiger partial charge < -0.3 is 19.5 Å². The highest BCUT2D eigenvalue weighted by atomic mass is 32.1. The van der Waals surface area contributed by atoms with Crippen LogP contribution in [0.1, 0.15) is 50.8 Å². The molecule has 0 fully saturated rings. The number of esters is 1. The van der Waals surface area contributed by atoms with Gasteiger partial charge in [0.25, 0.3) is 0 Å². The molecule has 0 unspecified atom stereocenters. The predicted octanol–water partition coefficient (Wildman–Crippen LogP) is 4.40. The first-order chi connectivity index (χ1) is 18.4. The SMILES string of the molecule is CCOc1cc(/C=N/NC(=O)C(=O)Nc2sc3c(c2C(=O)OC)CCC3)ccc1OCc1ccc(C)cc1. The van der Waals surface area contributed by atoms with Gasteiger partial charge in [0.2, 0.25) is 0 Å².